The second kappa shape index (κ2) is 14.1. The summed E-state index contributed by atoms with van der Waals surface area (Å²) in [5.41, 5.74) is 2.64. The highest BCUT2D eigenvalue weighted by atomic mass is 32.2. The first kappa shape index (κ1) is 31.4. The SMILES string of the molecule is CC1(C)OCc2cc([C@@H]3CN(CCCCCCCOCC#Cc4cccc(S(=O)(=O)C5CCCC5)c4)C(=O)O3)ccc2O1. The van der Waals surface area contributed by atoms with E-state index in [2.05, 4.69) is 11.8 Å². The van der Waals surface area contributed by atoms with E-state index in [9.17, 15) is 13.2 Å². The van der Waals surface area contributed by atoms with Gasteiger partial charge in [-0.1, -0.05) is 56.1 Å². The summed E-state index contributed by atoms with van der Waals surface area (Å²) in [5, 5.41) is -0.256. The zero-order valence-corrected chi connectivity index (χ0v) is 26.1. The summed E-state index contributed by atoms with van der Waals surface area (Å²) in [4.78, 5) is 14.6. The third-order valence-corrected chi connectivity index (χ3v) is 10.6. The van der Waals surface area contributed by atoms with E-state index >= 15 is 0 Å². The normalized spacial score (nSPS) is 19.8. The van der Waals surface area contributed by atoms with Crippen LogP contribution in [0.3, 0.4) is 0 Å². The number of hydrogen-bond donors (Lipinski definition) is 0. The van der Waals surface area contributed by atoms with Crippen LogP contribution in [0.4, 0.5) is 4.79 Å². The van der Waals surface area contributed by atoms with Crippen LogP contribution in [0.25, 0.3) is 0 Å². The van der Waals surface area contributed by atoms with Crippen molar-refractivity contribution in [3.8, 4) is 17.6 Å². The number of nitrogens with zero attached hydrogens (tertiary/aromatic N) is 1. The van der Waals surface area contributed by atoms with Gasteiger partial charge in [0, 0.05) is 38.1 Å². The number of hydrogen-bond acceptors (Lipinski definition) is 7. The Balaban J connectivity index is 0.937. The van der Waals surface area contributed by atoms with Gasteiger partial charge in [0.05, 0.1) is 23.3 Å². The zero-order chi connectivity index (χ0) is 30.3. The van der Waals surface area contributed by atoms with Gasteiger partial charge in [0.15, 0.2) is 9.84 Å². The number of cyclic esters (lactones) is 1. The lowest BCUT2D eigenvalue weighted by Crippen LogP contribution is -2.35. The van der Waals surface area contributed by atoms with Gasteiger partial charge in [-0.3, -0.25) is 0 Å². The molecule has 1 aliphatic carbocycles. The highest BCUT2D eigenvalue weighted by molar-refractivity contribution is 7.92. The molecule has 2 aliphatic heterocycles. The molecule has 9 heteroatoms. The topological polar surface area (TPSA) is 91.4 Å². The van der Waals surface area contributed by atoms with Gasteiger partial charge in [-0.05, 0) is 61.6 Å². The second-order valence-electron chi connectivity index (χ2n) is 12.1. The smallest absolute Gasteiger partial charge is 0.410 e. The number of benzene rings is 2. The molecular formula is C34H43NO7S. The van der Waals surface area contributed by atoms with Gasteiger partial charge in [-0.25, -0.2) is 13.2 Å². The van der Waals surface area contributed by atoms with Crippen LogP contribution in [0.2, 0.25) is 0 Å². The van der Waals surface area contributed by atoms with E-state index in [1.807, 2.05) is 38.1 Å². The summed E-state index contributed by atoms with van der Waals surface area (Å²) < 4.78 is 48.6. The summed E-state index contributed by atoms with van der Waals surface area (Å²) in [5.74, 6) is 6.21. The third kappa shape index (κ3) is 8.31. The van der Waals surface area contributed by atoms with Crippen molar-refractivity contribution in [1.29, 1.82) is 0 Å². The minimum absolute atomic E-state index is 0.256. The highest BCUT2D eigenvalue weighted by Crippen LogP contribution is 2.35. The fraction of sp³-hybridized carbons (Fsp3) is 0.559. The van der Waals surface area contributed by atoms with Gasteiger partial charge in [0.2, 0.25) is 5.79 Å². The molecule has 8 nitrogen and oxygen atoms in total. The molecule has 1 amide bonds. The van der Waals surface area contributed by atoms with E-state index in [-0.39, 0.29) is 17.4 Å². The number of fused-ring (bicyclic) bond motifs is 1. The van der Waals surface area contributed by atoms with Crippen molar-refractivity contribution in [1.82, 2.24) is 4.90 Å². The predicted octanol–water partition coefficient (Wildman–Crippen LogP) is 6.56. The summed E-state index contributed by atoms with van der Waals surface area (Å²) >= 11 is 0. The van der Waals surface area contributed by atoms with E-state index in [1.54, 1.807) is 23.1 Å². The molecule has 0 radical (unpaired) electrons. The van der Waals surface area contributed by atoms with Gasteiger partial charge in [-0.2, -0.15) is 0 Å². The molecule has 43 heavy (non-hydrogen) atoms. The van der Waals surface area contributed by atoms with Crippen LogP contribution in [0, 0.1) is 11.8 Å². The molecule has 5 rings (SSSR count). The number of ether oxygens (including phenoxy) is 4. The summed E-state index contributed by atoms with van der Waals surface area (Å²) in [6.07, 6.45) is 8.00. The Morgan fingerprint density at radius 3 is 2.65 bits per heavy atom. The van der Waals surface area contributed by atoms with Crippen molar-refractivity contribution in [2.45, 2.75) is 100 Å². The average Bonchev–Trinajstić information content (AvgIpc) is 3.66. The summed E-state index contributed by atoms with van der Waals surface area (Å²) in [7, 11) is -3.27. The molecule has 2 heterocycles. The second-order valence-corrected chi connectivity index (χ2v) is 14.3. The van der Waals surface area contributed by atoms with Gasteiger partial charge >= 0.3 is 6.09 Å². The molecule has 1 atom stereocenters. The lowest BCUT2D eigenvalue weighted by atomic mass is 10.0. The third-order valence-electron chi connectivity index (χ3n) is 8.30. The minimum Gasteiger partial charge on any atom is -0.463 e. The van der Waals surface area contributed by atoms with Crippen LogP contribution in [-0.4, -0.2) is 56.8 Å². The Morgan fingerprint density at radius 1 is 1.02 bits per heavy atom. The van der Waals surface area contributed by atoms with Crippen LogP contribution in [0.5, 0.6) is 5.75 Å². The monoisotopic (exact) mass is 609 g/mol. The van der Waals surface area contributed by atoms with Gasteiger partial charge < -0.3 is 23.8 Å². The van der Waals surface area contributed by atoms with E-state index in [4.69, 9.17) is 18.9 Å². The summed E-state index contributed by atoms with van der Waals surface area (Å²) in [6, 6.07) is 12.9. The molecule has 1 saturated carbocycles. The van der Waals surface area contributed by atoms with E-state index in [0.29, 0.717) is 43.4 Å². The Bertz CT molecular complexity index is 1440. The molecule has 0 spiro atoms. The van der Waals surface area contributed by atoms with Crippen molar-refractivity contribution >= 4 is 15.9 Å². The zero-order valence-electron chi connectivity index (χ0n) is 25.3. The molecule has 2 aromatic carbocycles. The number of amides is 1. The highest BCUT2D eigenvalue weighted by Gasteiger charge is 2.34. The Labute approximate surface area is 255 Å². The number of carbonyl (C=O) groups is 1. The first-order valence-electron chi connectivity index (χ1n) is 15.5. The Morgan fingerprint density at radius 2 is 1.81 bits per heavy atom. The molecule has 2 fully saturated rings. The molecule has 0 N–H and O–H groups in total. The average molecular weight is 610 g/mol. The Kier molecular flexibility index (Phi) is 10.3. The van der Waals surface area contributed by atoms with E-state index < -0.39 is 15.6 Å². The first-order valence-corrected chi connectivity index (χ1v) is 17.1. The standard InChI is InChI=1S/C34H43NO7S/c1-34(2)40-25-28-23-27(17-18-31(28)42-34)32-24-35(33(36)41-32)19-8-4-3-5-9-20-39-21-11-13-26-12-10-16-30(22-26)43(37,38)29-14-6-7-15-29/h10,12,16-18,22-23,29,32H,3-9,14-15,19-21,24-25H2,1-2H3/t32-/m0/s1. The quantitative estimate of drug-likeness (QED) is 0.199. The molecular weight excluding hydrogens is 566 g/mol. The number of carbonyl (C=O) groups excluding carboxylic acids is 1. The minimum atomic E-state index is -3.27. The molecule has 0 unspecified atom stereocenters. The van der Waals surface area contributed by atoms with Crippen molar-refractivity contribution in [2.24, 2.45) is 0 Å². The molecule has 0 aromatic heterocycles. The van der Waals surface area contributed by atoms with Crippen LogP contribution < -0.4 is 4.74 Å². The van der Waals surface area contributed by atoms with E-state index in [0.717, 1.165) is 74.7 Å². The Hall–Kier alpha value is -3.06. The number of rotatable bonds is 12. The molecule has 1 saturated heterocycles. The fourth-order valence-corrected chi connectivity index (χ4v) is 7.76. The summed E-state index contributed by atoms with van der Waals surface area (Å²) in [6.45, 7) is 6.46. The maximum Gasteiger partial charge on any atom is 0.410 e. The predicted molar refractivity (Wildman–Crippen MR) is 163 cm³/mol. The van der Waals surface area contributed by atoms with Gasteiger partial charge in [0.1, 0.15) is 18.5 Å². The molecule has 232 valence electrons. The first-order chi connectivity index (χ1) is 20.7. The van der Waals surface area contributed by atoms with Gasteiger partial charge in [0.25, 0.3) is 0 Å². The van der Waals surface area contributed by atoms with E-state index in [1.165, 1.54) is 0 Å². The largest absolute Gasteiger partial charge is 0.463 e. The van der Waals surface area contributed by atoms with Crippen LogP contribution in [-0.2, 0) is 30.7 Å². The molecule has 2 aromatic rings. The maximum absolute atomic E-state index is 12.8. The fourth-order valence-electron chi connectivity index (χ4n) is 5.86. The lowest BCUT2D eigenvalue weighted by molar-refractivity contribution is -0.180. The maximum atomic E-state index is 12.8. The number of unbranched alkanes of at least 4 members (excludes halogenated alkanes) is 4. The molecule has 3 aliphatic rings. The lowest BCUT2D eigenvalue weighted by Gasteiger charge is -2.32. The van der Waals surface area contributed by atoms with Crippen LogP contribution in [0.1, 0.15) is 94.4 Å². The van der Waals surface area contributed by atoms with Crippen molar-refractivity contribution in [3.05, 3.63) is 59.2 Å². The molecule has 0 bridgehead atoms. The number of sulfone groups is 1. The van der Waals surface area contributed by atoms with Crippen LogP contribution >= 0.6 is 0 Å². The van der Waals surface area contributed by atoms with Gasteiger partial charge in [-0.15, -0.1) is 0 Å². The van der Waals surface area contributed by atoms with Crippen molar-refractivity contribution < 1.29 is 32.2 Å². The van der Waals surface area contributed by atoms with Crippen LogP contribution in [0.15, 0.2) is 47.4 Å². The van der Waals surface area contributed by atoms with Crippen molar-refractivity contribution in [2.75, 3.05) is 26.3 Å². The van der Waals surface area contributed by atoms with Crippen molar-refractivity contribution in [3.63, 3.8) is 0 Å².